The second-order valence-electron chi connectivity index (χ2n) is 9.63. The number of non-ortho nitro benzene ring substituents is 1. The van der Waals surface area contributed by atoms with Crippen LogP contribution >= 0.6 is 0 Å². The minimum atomic E-state index is -2.17. The van der Waals surface area contributed by atoms with Crippen LogP contribution in [0.3, 0.4) is 0 Å². The van der Waals surface area contributed by atoms with Crippen molar-refractivity contribution in [1.29, 1.82) is 0 Å². The summed E-state index contributed by atoms with van der Waals surface area (Å²) in [6.07, 6.45) is -1.02. The van der Waals surface area contributed by atoms with Crippen LogP contribution in [0.25, 0.3) is 0 Å². The number of ether oxygens (including phenoxy) is 1. The maximum Gasteiger partial charge on any atom is 0.269 e. The number of fused-ring (bicyclic) bond motifs is 3. The molecule has 0 N–H and O–H groups in total. The number of carbonyl (C=O) groups is 4. The molecule has 2 fully saturated rings. The van der Waals surface area contributed by atoms with Crippen LogP contribution in [-0.4, -0.2) is 33.9 Å². The van der Waals surface area contributed by atoms with Gasteiger partial charge in [0, 0.05) is 23.3 Å². The van der Waals surface area contributed by atoms with Crippen molar-refractivity contribution in [2.24, 2.45) is 11.8 Å². The average Bonchev–Trinajstić information content (AvgIpc) is 3.45. The molecule has 2 saturated heterocycles. The highest BCUT2D eigenvalue weighted by Crippen LogP contribution is 2.57. The highest BCUT2D eigenvalue weighted by molar-refractivity contribution is 6.37. The lowest BCUT2D eigenvalue weighted by Gasteiger charge is -2.27. The van der Waals surface area contributed by atoms with E-state index in [-0.39, 0.29) is 22.5 Å². The molecule has 37 heavy (non-hydrogen) atoms. The van der Waals surface area contributed by atoms with Crippen molar-refractivity contribution in [3.05, 3.63) is 105 Å². The molecule has 0 bridgehead atoms. The molecule has 9 heteroatoms. The standard InChI is InChI=1S/C28H20N2O7/c1-14-7-9-16(10-8-14)23-21-22(28(37-23)24(31)18-5-3-4-6-19(18)25(28)32)27(34)29(26(21)33)20-12-11-17(30(35)36)13-15(20)2/h3-13,21-23H,1-2H3/t21-,22+,23-/m0/s1. The number of nitro groups is 1. The van der Waals surface area contributed by atoms with Gasteiger partial charge < -0.3 is 4.74 Å². The van der Waals surface area contributed by atoms with Crippen LogP contribution in [0.2, 0.25) is 0 Å². The third-order valence-corrected chi connectivity index (χ3v) is 7.56. The van der Waals surface area contributed by atoms with Crippen molar-refractivity contribution < 1.29 is 28.8 Å². The van der Waals surface area contributed by atoms with E-state index in [0.29, 0.717) is 11.1 Å². The number of hydrogen-bond acceptors (Lipinski definition) is 7. The first-order chi connectivity index (χ1) is 17.7. The Labute approximate surface area is 210 Å². The predicted octanol–water partition coefficient (Wildman–Crippen LogP) is 3.91. The summed E-state index contributed by atoms with van der Waals surface area (Å²) < 4.78 is 6.26. The highest BCUT2D eigenvalue weighted by Gasteiger charge is 2.74. The number of anilines is 1. The Bertz CT molecular complexity index is 1520. The quantitative estimate of drug-likeness (QED) is 0.233. The summed E-state index contributed by atoms with van der Waals surface area (Å²) >= 11 is 0. The fourth-order valence-corrected chi connectivity index (χ4v) is 5.82. The van der Waals surface area contributed by atoms with E-state index in [1.54, 1.807) is 31.2 Å². The van der Waals surface area contributed by atoms with Gasteiger partial charge in [-0.2, -0.15) is 0 Å². The van der Waals surface area contributed by atoms with Crippen molar-refractivity contribution >= 4 is 34.8 Å². The van der Waals surface area contributed by atoms with E-state index in [1.165, 1.54) is 30.3 Å². The molecule has 2 amide bonds. The first-order valence-electron chi connectivity index (χ1n) is 11.7. The van der Waals surface area contributed by atoms with E-state index in [9.17, 15) is 29.3 Å². The van der Waals surface area contributed by atoms with Gasteiger partial charge in [0.15, 0.2) is 0 Å². The zero-order valence-electron chi connectivity index (χ0n) is 19.8. The Hall–Kier alpha value is -4.50. The Morgan fingerprint density at radius 3 is 2.05 bits per heavy atom. The highest BCUT2D eigenvalue weighted by atomic mass is 16.6. The van der Waals surface area contributed by atoms with Crippen LogP contribution in [0.4, 0.5) is 11.4 Å². The minimum absolute atomic E-state index is 0.154. The van der Waals surface area contributed by atoms with Gasteiger partial charge in [-0.1, -0.05) is 54.1 Å². The average molecular weight is 496 g/mol. The Morgan fingerprint density at radius 2 is 1.49 bits per heavy atom. The van der Waals surface area contributed by atoms with Crippen LogP contribution in [-0.2, 0) is 14.3 Å². The lowest BCUT2D eigenvalue weighted by molar-refractivity contribution is -0.384. The summed E-state index contributed by atoms with van der Waals surface area (Å²) in [5, 5.41) is 11.2. The summed E-state index contributed by atoms with van der Waals surface area (Å²) in [6, 6.07) is 17.3. The minimum Gasteiger partial charge on any atom is -0.349 e. The third kappa shape index (κ3) is 2.94. The molecule has 0 radical (unpaired) electrons. The lowest BCUT2D eigenvalue weighted by Crippen LogP contribution is -2.51. The number of rotatable bonds is 3. The molecule has 6 rings (SSSR count). The van der Waals surface area contributed by atoms with Crippen LogP contribution in [0, 0.1) is 35.8 Å². The zero-order valence-corrected chi connectivity index (χ0v) is 19.8. The van der Waals surface area contributed by atoms with E-state index in [1.807, 2.05) is 19.1 Å². The number of nitrogens with zero attached hydrogens (tertiary/aromatic N) is 2. The molecule has 2 aliphatic heterocycles. The first-order valence-corrected chi connectivity index (χ1v) is 11.7. The van der Waals surface area contributed by atoms with Crippen molar-refractivity contribution in [1.82, 2.24) is 0 Å². The number of hydrogen-bond donors (Lipinski definition) is 0. The van der Waals surface area contributed by atoms with Crippen molar-refractivity contribution in [2.75, 3.05) is 4.90 Å². The number of Topliss-reactive ketones (excluding diaryl/α,β-unsaturated/α-hetero) is 2. The van der Waals surface area contributed by atoms with Gasteiger partial charge in [0.2, 0.25) is 29.0 Å². The predicted molar refractivity (Wildman–Crippen MR) is 130 cm³/mol. The molecule has 3 atom stereocenters. The number of ketones is 2. The molecular formula is C28H20N2O7. The van der Waals surface area contributed by atoms with Gasteiger partial charge in [0.25, 0.3) is 5.69 Å². The Morgan fingerprint density at radius 1 is 0.865 bits per heavy atom. The maximum absolute atomic E-state index is 14.0. The third-order valence-electron chi connectivity index (χ3n) is 7.56. The van der Waals surface area contributed by atoms with E-state index in [4.69, 9.17) is 4.74 Å². The van der Waals surface area contributed by atoms with Crippen LogP contribution in [0.15, 0.2) is 66.7 Å². The summed E-state index contributed by atoms with van der Waals surface area (Å²) in [5.74, 6) is -5.15. The van der Waals surface area contributed by atoms with E-state index >= 15 is 0 Å². The Kier molecular flexibility index (Phi) is 4.80. The largest absolute Gasteiger partial charge is 0.349 e. The van der Waals surface area contributed by atoms with Gasteiger partial charge in [-0.25, -0.2) is 4.90 Å². The maximum atomic E-state index is 14.0. The Balaban J connectivity index is 1.53. The number of benzene rings is 3. The molecule has 0 aromatic heterocycles. The topological polar surface area (TPSA) is 124 Å². The number of carbonyl (C=O) groups excluding carboxylic acids is 4. The summed E-state index contributed by atoms with van der Waals surface area (Å²) in [6.45, 7) is 3.45. The van der Waals surface area contributed by atoms with Crippen LogP contribution < -0.4 is 4.90 Å². The van der Waals surface area contributed by atoms with Crippen molar-refractivity contribution in [2.45, 2.75) is 25.6 Å². The zero-order chi connectivity index (χ0) is 26.2. The van der Waals surface area contributed by atoms with E-state index < -0.39 is 51.8 Å². The summed E-state index contributed by atoms with van der Waals surface area (Å²) in [4.78, 5) is 67.1. The van der Waals surface area contributed by atoms with Crippen LogP contribution in [0.1, 0.15) is 43.5 Å². The molecule has 3 aromatic rings. The normalized spacial score (nSPS) is 23.6. The molecule has 9 nitrogen and oxygen atoms in total. The fraction of sp³-hybridized carbons (Fsp3) is 0.214. The van der Waals surface area contributed by atoms with Gasteiger partial charge in [0.1, 0.15) is 0 Å². The summed E-state index contributed by atoms with van der Waals surface area (Å²) in [7, 11) is 0. The van der Waals surface area contributed by atoms with Crippen LogP contribution in [0.5, 0.6) is 0 Å². The molecule has 1 spiro atoms. The number of nitro benzene ring substituents is 1. The second-order valence-corrected chi connectivity index (χ2v) is 9.63. The smallest absolute Gasteiger partial charge is 0.269 e. The second kappa shape index (κ2) is 7.75. The van der Waals surface area contributed by atoms with E-state index in [0.717, 1.165) is 10.5 Å². The molecule has 184 valence electrons. The fourth-order valence-electron chi connectivity index (χ4n) is 5.82. The number of imide groups is 1. The first kappa shape index (κ1) is 22.9. The molecule has 1 aliphatic carbocycles. The molecule has 0 saturated carbocycles. The van der Waals surface area contributed by atoms with Crippen molar-refractivity contribution in [3.63, 3.8) is 0 Å². The summed E-state index contributed by atoms with van der Waals surface area (Å²) in [5.41, 5.74) is -0.00671. The van der Waals surface area contributed by atoms with E-state index in [2.05, 4.69) is 0 Å². The van der Waals surface area contributed by atoms with Gasteiger partial charge in [-0.3, -0.25) is 29.3 Å². The lowest BCUT2D eigenvalue weighted by atomic mass is 9.77. The van der Waals surface area contributed by atoms with Gasteiger partial charge >= 0.3 is 0 Å². The molecule has 2 heterocycles. The number of amides is 2. The molecular weight excluding hydrogens is 476 g/mol. The monoisotopic (exact) mass is 496 g/mol. The van der Waals surface area contributed by atoms with Gasteiger partial charge in [0.05, 0.1) is 28.6 Å². The SMILES string of the molecule is Cc1ccc([C@@H]2OC3(C(=O)c4ccccc4C3=O)[C@H]3C(=O)N(c4ccc([N+](=O)[O-])cc4C)C(=O)[C@H]23)cc1. The van der Waals surface area contributed by atoms with Gasteiger partial charge in [-0.05, 0) is 31.0 Å². The molecule has 3 aliphatic rings. The van der Waals surface area contributed by atoms with Crippen molar-refractivity contribution in [3.8, 4) is 0 Å². The van der Waals surface area contributed by atoms with Gasteiger partial charge in [-0.15, -0.1) is 0 Å². The molecule has 3 aromatic carbocycles. The molecule has 0 unspecified atom stereocenters. The number of aryl methyl sites for hydroxylation is 2.